The molecule has 1 aliphatic rings. The lowest BCUT2D eigenvalue weighted by Gasteiger charge is -2.36. The van der Waals surface area contributed by atoms with Crippen LogP contribution in [-0.4, -0.2) is 43.6 Å². The number of carbonyl (C=O) groups is 2. The lowest BCUT2D eigenvalue weighted by atomic mass is 9.97. The van der Waals surface area contributed by atoms with Crippen LogP contribution in [0.2, 0.25) is 0 Å². The maximum Gasteiger partial charge on any atom is 0.327 e. The number of rotatable bonds is 5. The summed E-state index contributed by atoms with van der Waals surface area (Å²) in [4.78, 5) is 25.6. The highest BCUT2D eigenvalue weighted by Gasteiger charge is 2.57. The number of hydrogen-bond donors (Lipinski definition) is 2. The van der Waals surface area contributed by atoms with Crippen LogP contribution in [0.25, 0.3) is 0 Å². The second-order valence-corrected chi connectivity index (χ2v) is 9.54. The van der Waals surface area contributed by atoms with Gasteiger partial charge in [-0.15, -0.1) is 11.8 Å². The van der Waals surface area contributed by atoms with Crippen LogP contribution >= 0.6 is 21.2 Å². The number of carbonyl (C=O) groups excluding carboxylic acids is 1. The average molecular weight is 334 g/mol. The smallest absolute Gasteiger partial charge is 0.327 e. The largest absolute Gasteiger partial charge is 0.480 e. The van der Waals surface area contributed by atoms with Crippen molar-refractivity contribution in [1.82, 2.24) is 9.99 Å². The second kappa shape index (κ2) is 6.43. The molecule has 1 rings (SSSR count). The van der Waals surface area contributed by atoms with Crippen LogP contribution < -0.4 is 5.09 Å². The van der Waals surface area contributed by atoms with Crippen molar-refractivity contribution in [3.05, 3.63) is 0 Å². The Morgan fingerprint density at radius 3 is 2.24 bits per heavy atom. The van der Waals surface area contributed by atoms with Crippen LogP contribution in [0.15, 0.2) is 0 Å². The normalized spacial score (nSPS) is 25.1. The van der Waals surface area contributed by atoms with Gasteiger partial charge in [-0.2, -0.15) is 0 Å². The number of hydrogen-bond acceptors (Lipinski definition) is 4. The van der Waals surface area contributed by atoms with Crippen LogP contribution in [0.1, 0.15) is 48.0 Å². The van der Waals surface area contributed by atoms with E-state index in [0.29, 0.717) is 12.3 Å². The van der Waals surface area contributed by atoms with Crippen molar-refractivity contribution in [3.63, 3.8) is 0 Å². The van der Waals surface area contributed by atoms with Crippen LogP contribution in [-0.2, 0) is 9.59 Å². The topological polar surface area (TPSA) is 69.6 Å². The maximum atomic E-state index is 12.9. The monoisotopic (exact) mass is 334 g/mol. The third-order valence-corrected chi connectivity index (χ3v) is 5.54. The van der Waals surface area contributed by atoms with Gasteiger partial charge in [0.2, 0.25) is 5.91 Å². The molecule has 122 valence electrons. The maximum absolute atomic E-state index is 12.9. The Morgan fingerprint density at radius 1 is 1.33 bits per heavy atom. The summed E-state index contributed by atoms with van der Waals surface area (Å²) in [7, 11) is 2.38. The van der Waals surface area contributed by atoms with Gasteiger partial charge in [-0.1, -0.05) is 23.2 Å². The molecule has 3 atom stereocenters. The lowest BCUT2D eigenvalue weighted by molar-refractivity contribution is -0.153. The van der Waals surface area contributed by atoms with Gasteiger partial charge < -0.3 is 10.0 Å². The number of carboxylic acid groups (broad SMARTS) is 1. The van der Waals surface area contributed by atoms with Gasteiger partial charge in [0, 0.05) is 4.75 Å². The molecule has 1 saturated heterocycles. The molecule has 0 aromatic carbocycles. The van der Waals surface area contributed by atoms with E-state index >= 15 is 0 Å². The number of nitrogens with one attached hydrogen (secondary N) is 1. The second-order valence-electron chi connectivity index (χ2n) is 6.95. The number of carboxylic acids is 1. The van der Waals surface area contributed by atoms with Crippen LogP contribution in [0, 0.1) is 5.92 Å². The Bertz CT molecular complexity index is 426. The van der Waals surface area contributed by atoms with Crippen molar-refractivity contribution in [1.29, 1.82) is 0 Å². The first-order valence-electron chi connectivity index (χ1n) is 7.16. The molecule has 2 N–H and O–H groups in total. The van der Waals surface area contributed by atoms with Gasteiger partial charge in [-0.3, -0.25) is 9.88 Å². The molecule has 5 nitrogen and oxygen atoms in total. The van der Waals surface area contributed by atoms with E-state index in [1.807, 2.05) is 41.5 Å². The molecular formula is C14H27N2O3PS. The van der Waals surface area contributed by atoms with Crippen molar-refractivity contribution < 1.29 is 14.7 Å². The molecule has 7 heteroatoms. The molecule has 0 spiro atoms. The molecular weight excluding hydrogens is 307 g/mol. The molecule has 0 saturated carbocycles. The summed E-state index contributed by atoms with van der Waals surface area (Å²) in [6.07, 6.45) is 0.673. The van der Waals surface area contributed by atoms with Gasteiger partial charge in [-0.05, 0) is 40.0 Å². The van der Waals surface area contributed by atoms with Crippen LogP contribution in [0.4, 0.5) is 0 Å². The molecule has 0 aliphatic carbocycles. The molecule has 0 aromatic rings. The highest BCUT2D eigenvalue weighted by atomic mass is 32.2. The fourth-order valence-electron chi connectivity index (χ4n) is 3.05. The first kappa shape index (κ1) is 18.7. The fraction of sp³-hybridized carbons (Fsp3) is 0.857. The molecule has 1 fully saturated rings. The number of thioether (sulfide) groups is 1. The number of aliphatic carboxylic acids is 1. The Kier molecular flexibility index (Phi) is 5.73. The Balaban J connectivity index is 3.16. The highest BCUT2D eigenvalue weighted by molar-refractivity contribution is 8.02. The van der Waals surface area contributed by atoms with E-state index in [1.165, 1.54) is 11.8 Å². The fourth-order valence-corrected chi connectivity index (χ4v) is 5.23. The molecule has 21 heavy (non-hydrogen) atoms. The molecule has 1 heterocycles. The zero-order chi connectivity index (χ0) is 16.6. The van der Waals surface area contributed by atoms with Gasteiger partial charge in [0.1, 0.15) is 6.04 Å². The van der Waals surface area contributed by atoms with E-state index in [-0.39, 0.29) is 11.9 Å². The standard InChI is InChI=1S/C14H27N2O3PS/c1-8(2)7-9(15-20)11(17)16-10(12(18)19)13(3,4)21-14(16,5)6/h8-10,15H,7,20H2,1-6H3,(H,18,19)/t9-,10+/m0/s1. The van der Waals surface area contributed by atoms with E-state index in [4.69, 9.17) is 0 Å². The average Bonchev–Trinajstić information content (AvgIpc) is 2.49. The highest BCUT2D eigenvalue weighted by Crippen LogP contribution is 2.51. The Hall–Kier alpha value is -0.320. The summed E-state index contributed by atoms with van der Waals surface area (Å²) in [6, 6.07) is -1.20. The summed E-state index contributed by atoms with van der Waals surface area (Å²) >= 11 is 1.53. The third-order valence-electron chi connectivity index (χ3n) is 3.69. The van der Waals surface area contributed by atoms with E-state index in [0.717, 1.165) is 0 Å². The summed E-state index contributed by atoms with van der Waals surface area (Å²) in [6.45, 7) is 11.7. The molecule has 1 aliphatic heterocycles. The van der Waals surface area contributed by atoms with Gasteiger partial charge in [0.15, 0.2) is 0 Å². The van der Waals surface area contributed by atoms with Gasteiger partial charge in [0.25, 0.3) is 0 Å². The SMILES string of the molecule is CC(C)C[C@H](NP)C(=O)N1[C@H](C(=O)O)C(C)(C)SC1(C)C. The number of nitrogens with zero attached hydrogens (tertiary/aromatic N) is 1. The van der Waals surface area contributed by atoms with Crippen LogP contribution in [0.5, 0.6) is 0 Å². The zero-order valence-corrected chi connectivity index (χ0v) is 15.6. The van der Waals surface area contributed by atoms with E-state index in [2.05, 4.69) is 14.5 Å². The Morgan fingerprint density at radius 2 is 1.86 bits per heavy atom. The predicted octanol–water partition coefficient (Wildman–Crippen LogP) is 2.32. The first-order valence-corrected chi connectivity index (χ1v) is 8.55. The summed E-state index contributed by atoms with van der Waals surface area (Å²) in [5.74, 6) is -0.741. The van der Waals surface area contributed by atoms with Crippen molar-refractivity contribution in [3.8, 4) is 0 Å². The minimum Gasteiger partial charge on any atom is -0.480 e. The van der Waals surface area contributed by atoms with Crippen LogP contribution in [0.3, 0.4) is 0 Å². The Labute approximate surface area is 133 Å². The number of amides is 1. The molecule has 0 bridgehead atoms. The summed E-state index contributed by atoms with van der Waals surface area (Å²) in [5, 5.41) is 12.6. The quantitative estimate of drug-likeness (QED) is 0.755. The van der Waals surface area contributed by atoms with E-state index in [9.17, 15) is 14.7 Å². The van der Waals surface area contributed by atoms with Crippen molar-refractivity contribution in [2.45, 2.75) is 69.7 Å². The third kappa shape index (κ3) is 3.91. The van der Waals surface area contributed by atoms with Gasteiger partial charge >= 0.3 is 5.97 Å². The summed E-state index contributed by atoms with van der Waals surface area (Å²) in [5.41, 5.74) is 0. The van der Waals surface area contributed by atoms with Crippen molar-refractivity contribution in [2.75, 3.05) is 0 Å². The zero-order valence-electron chi connectivity index (χ0n) is 13.6. The first-order chi connectivity index (χ1) is 9.44. The molecule has 0 radical (unpaired) electrons. The summed E-state index contributed by atoms with van der Waals surface area (Å²) < 4.78 is -0.520. The predicted molar refractivity (Wildman–Crippen MR) is 90.1 cm³/mol. The van der Waals surface area contributed by atoms with Crippen molar-refractivity contribution in [2.24, 2.45) is 5.92 Å². The van der Waals surface area contributed by atoms with Crippen molar-refractivity contribution >= 4 is 33.0 Å². The lowest BCUT2D eigenvalue weighted by Crippen LogP contribution is -2.57. The van der Waals surface area contributed by atoms with Gasteiger partial charge in [-0.25, -0.2) is 4.79 Å². The van der Waals surface area contributed by atoms with E-state index in [1.54, 1.807) is 4.90 Å². The van der Waals surface area contributed by atoms with E-state index < -0.39 is 21.6 Å². The molecule has 1 amide bonds. The molecule has 0 aromatic heterocycles. The van der Waals surface area contributed by atoms with Gasteiger partial charge in [0.05, 0.1) is 10.9 Å². The minimum atomic E-state index is -0.946. The molecule has 1 unspecified atom stereocenters. The minimum absolute atomic E-state index is 0.144.